The number of nitrogens with one attached hydrogen (secondary N) is 1. The number of carbonyl (C=O) groups excluding carboxylic acids is 1. The van der Waals surface area contributed by atoms with Gasteiger partial charge in [0.25, 0.3) is 5.91 Å². The van der Waals surface area contributed by atoms with Gasteiger partial charge in [-0.25, -0.2) is 0 Å². The van der Waals surface area contributed by atoms with Gasteiger partial charge in [0.05, 0.1) is 12.1 Å². The predicted molar refractivity (Wildman–Crippen MR) is 82.1 cm³/mol. The van der Waals surface area contributed by atoms with Crippen molar-refractivity contribution in [2.24, 2.45) is 0 Å². The van der Waals surface area contributed by atoms with Gasteiger partial charge in [-0.3, -0.25) is 9.69 Å². The van der Waals surface area contributed by atoms with Crippen molar-refractivity contribution in [1.82, 2.24) is 10.2 Å². The highest BCUT2D eigenvalue weighted by Gasteiger charge is 2.36. The average Bonchev–Trinajstić information content (AvgIpc) is 2.90. The molecule has 0 bridgehead atoms. The van der Waals surface area contributed by atoms with Crippen LogP contribution in [-0.4, -0.2) is 47.2 Å². The number of amides is 1. The van der Waals surface area contributed by atoms with Crippen LogP contribution in [0.2, 0.25) is 0 Å². The molecule has 1 aromatic rings. The lowest BCUT2D eigenvalue weighted by atomic mass is 9.94. The van der Waals surface area contributed by atoms with Crippen LogP contribution < -0.4 is 5.32 Å². The lowest BCUT2D eigenvalue weighted by Gasteiger charge is -2.30. The van der Waals surface area contributed by atoms with E-state index in [1.165, 1.54) is 32.1 Å². The van der Waals surface area contributed by atoms with E-state index in [-0.39, 0.29) is 11.9 Å². The van der Waals surface area contributed by atoms with E-state index < -0.39 is 6.10 Å². The molecule has 1 amide bonds. The largest absolute Gasteiger partial charge is 0.390 e. The maximum absolute atomic E-state index is 12.2. The fourth-order valence-electron chi connectivity index (χ4n) is 3.54. The predicted octanol–water partition coefficient (Wildman–Crippen LogP) is 1.79. The summed E-state index contributed by atoms with van der Waals surface area (Å²) >= 11 is 0. The number of benzene rings is 1. The van der Waals surface area contributed by atoms with Crippen LogP contribution in [0.5, 0.6) is 0 Å². The van der Waals surface area contributed by atoms with Crippen molar-refractivity contribution >= 4 is 5.91 Å². The van der Waals surface area contributed by atoms with Gasteiger partial charge >= 0.3 is 0 Å². The summed E-state index contributed by atoms with van der Waals surface area (Å²) < 4.78 is 0. The van der Waals surface area contributed by atoms with Crippen LogP contribution in [0, 0.1) is 0 Å². The zero-order chi connectivity index (χ0) is 14.7. The van der Waals surface area contributed by atoms with E-state index in [1.54, 1.807) is 12.1 Å². The van der Waals surface area contributed by atoms with Gasteiger partial charge in [-0.15, -0.1) is 0 Å². The topological polar surface area (TPSA) is 52.6 Å². The molecule has 1 aliphatic carbocycles. The van der Waals surface area contributed by atoms with E-state index in [0.717, 1.165) is 6.54 Å². The number of hydrogen-bond donors (Lipinski definition) is 2. The molecule has 1 heterocycles. The number of hydrogen-bond acceptors (Lipinski definition) is 3. The van der Waals surface area contributed by atoms with Crippen LogP contribution in [0.15, 0.2) is 30.3 Å². The molecule has 2 atom stereocenters. The molecule has 21 heavy (non-hydrogen) atoms. The molecule has 0 radical (unpaired) electrons. The summed E-state index contributed by atoms with van der Waals surface area (Å²) in [4.78, 5) is 14.5. The first kappa shape index (κ1) is 14.5. The van der Waals surface area contributed by atoms with Crippen LogP contribution in [-0.2, 0) is 0 Å². The molecule has 1 aliphatic heterocycles. The molecule has 1 aromatic carbocycles. The Morgan fingerprint density at radius 1 is 1.10 bits per heavy atom. The Balaban J connectivity index is 1.57. The lowest BCUT2D eigenvalue weighted by Crippen LogP contribution is -2.43. The summed E-state index contributed by atoms with van der Waals surface area (Å²) in [6.45, 7) is 1.45. The maximum Gasteiger partial charge on any atom is 0.251 e. The van der Waals surface area contributed by atoms with E-state index in [1.807, 2.05) is 18.2 Å². The highest BCUT2D eigenvalue weighted by Crippen LogP contribution is 2.25. The Morgan fingerprint density at radius 2 is 1.81 bits per heavy atom. The smallest absolute Gasteiger partial charge is 0.251 e. The normalized spacial score (nSPS) is 27.7. The first-order valence-corrected chi connectivity index (χ1v) is 8.02. The van der Waals surface area contributed by atoms with Crippen molar-refractivity contribution in [2.75, 3.05) is 13.1 Å². The molecular weight excluding hydrogens is 264 g/mol. The molecule has 114 valence electrons. The van der Waals surface area contributed by atoms with Crippen molar-refractivity contribution in [3.8, 4) is 0 Å². The molecule has 4 nitrogen and oxygen atoms in total. The zero-order valence-electron chi connectivity index (χ0n) is 12.4. The molecule has 0 aromatic heterocycles. The van der Waals surface area contributed by atoms with Gasteiger partial charge in [0.2, 0.25) is 0 Å². The number of aliphatic hydroxyl groups excluding tert-OH is 1. The fraction of sp³-hybridized carbons (Fsp3) is 0.588. The van der Waals surface area contributed by atoms with Crippen LogP contribution in [0.4, 0.5) is 0 Å². The number of aliphatic hydroxyl groups is 1. The molecule has 0 spiro atoms. The summed E-state index contributed by atoms with van der Waals surface area (Å²) in [6, 6.07) is 9.64. The molecule has 4 heteroatoms. The molecule has 3 rings (SSSR count). The van der Waals surface area contributed by atoms with Crippen LogP contribution in [0.1, 0.15) is 42.5 Å². The van der Waals surface area contributed by atoms with E-state index in [2.05, 4.69) is 10.2 Å². The Bertz CT molecular complexity index is 471. The monoisotopic (exact) mass is 288 g/mol. The number of likely N-dealkylation sites (tertiary alicyclic amines) is 1. The summed E-state index contributed by atoms with van der Waals surface area (Å²) in [5, 5.41) is 13.2. The summed E-state index contributed by atoms with van der Waals surface area (Å²) in [5.74, 6) is -0.0925. The van der Waals surface area contributed by atoms with Gasteiger partial charge in [0, 0.05) is 24.7 Å². The second-order valence-electron chi connectivity index (χ2n) is 6.26. The van der Waals surface area contributed by atoms with Gasteiger partial charge in [0.1, 0.15) is 0 Å². The van der Waals surface area contributed by atoms with Crippen molar-refractivity contribution < 1.29 is 9.90 Å². The SMILES string of the molecule is O=C(N[C@H]1CN(C2CCCCC2)C[C@@H]1O)c1ccccc1. The zero-order valence-corrected chi connectivity index (χ0v) is 12.4. The highest BCUT2D eigenvalue weighted by molar-refractivity contribution is 5.94. The third kappa shape index (κ3) is 3.44. The molecule has 2 N–H and O–H groups in total. The van der Waals surface area contributed by atoms with E-state index in [9.17, 15) is 9.90 Å². The van der Waals surface area contributed by atoms with Crippen molar-refractivity contribution in [3.05, 3.63) is 35.9 Å². The van der Waals surface area contributed by atoms with Crippen LogP contribution >= 0.6 is 0 Å². The second-order valence-corrected chi connectivity index (χ2v) is 6.26. The first-order chi connectivity index (χ1) is 10.2. The summed E-state index contributed by atoms with van der Waals surface area (Å²) in [7, 11) is 0. The van der Waals surface area contributed by atoms with E-state index >= 15 is 0 Å². The van der Waals surface area contributed by atoms with Gasteiger partial charge < -0.3 is 10.4 Å². The lowest BCUT2D eigenvalue weighted by molar-refractivity contribution is 0.0887. The molecule has 2 fully saturated rings. The third-order valence-electron chi connectivity index (χ3n) is 4.76. The Labute approximate surface area is 126 Å². The minimum absolute atomic E-state index is 0.0925. The molecule has 0 unspecified atom stereocenters. The van der Waals surface area contributed by atoms with Gasteiger partial charge in [-0.05, 0) is 25.0 Å². The minimum Gasteiger partial charge on any atom is -0.390 e. The second kappa shape index (κ2) is 6.58. The van der Waals surface area contributed by atoms with Crippen LogP contribution in [0.25, 0.3) is 0 Å². The van der Waals surface area contributed by atoms with Crippen molar-refractivity contribution in [3.63, 3.8) is 0 Å². The molecule has 2 aliphatic rings. The maximum atomic E-state index is 12.2. The van der Waals surface area contributed by atoms with E-state index in [4.69, 9.17) is 0 Å². The van der Waals surface area contributed by atoms with E-state index in [0.29, 0.717) is 18.2 Å². The molecular formula is C17H24N2O2. The quantitative estimate of drug-likeness (QED) is 0.891. The Morgan fingerprint density at radius 3 is 2.52 bits per heavy atom. The molecule has 1 saturated heterocycles. The van der Waals surface area contributed by atoms with Crippen molar-refractivity contribution in [2.45, 2.75) is 50.3 Å². The number of nitrogens with zero attached hydrogens (tertiary/aromatic N) is 1. The summed E-state index contributed by atoms with van der Waals surface area (Å²) in [5.41, 5.74) is 0.654. The molecule has 1 saturated carbocycles. The Hall–Kier alpha value is -1.39. The van der Waals surface area contributed by atoms with Gasteiger partial charge in [-0.2, -0.15) is 0 Å². The average molecular weight is 288 g/mol. The van der Waals surface area contributed by atoms with Gasteiger partial charge in [0.15, 0.2) is 0 Å². The van der Waals surface area contributed by atoms with Gasteiger partial charge in [-0.1, -0.05) is 37.5 Å². The fourth-order valence-corrected chi connectivity index (χ4v) is 3.54. The summed E-state index contributed by atoms with van der Waals surface area (Å²) in [6.07, 6.45) is 5.91. The third-order valence-corrected chi connectivity index (χ3v) is 4.76. The number of carbonyl (C=O) groups is 1. The Kier molecular flexibility index (Phi) is 4.56. The number of rotatable bonds is 3. The standard InChI is InChI=1S/C17H24N2O2/c20-16-12-19(14-9-5-2-6-10-14)11-15(16)18-17(21)13-7-3-1-4-8-13/h1,3-4,7-8,14-16,20H,2,5-6,9-12H2,(H,18,21)/t15-,16-/m0/s1. The number of β-amino-alcohol motifs (C(OH)–C–C–N with tert-alkyl or cyclic N) is 1. The first-order valence-electron chi connectivity index (χ1n) is 8.02. The minimum atomic E-state index is -0.459. The van der Waals surface area contributed by atoms with Crippen molar-refractivity contribution in [1.29, 1.82) is 0 Å². The highest BCUT2D eigenvalue weighted by atomic mass is 16.3. The van der Waals surface area contributed by atoms with Crippen LogP contribution in [0.3, 0.4) is 0 Å².